The third kappa shape index (κ3) is 13.3. The molecule has 0 heterocycles. The van der Waals surface area contributed by atoms with Crippen LogP contribution in [0.2, 0.25) is 0 Å². The number of alkyl carbamates (subject to hydrolysis) is 1. The summed E-state index contributed by atoms with van der Waals surface area (Å²) < 4.78 is 10.3. The molecule has 0 aliphatic heterocycles. The van der Waals surface area contributed by atoms with Crippen LogP contribution in [-0.2, 0) is 41.5 Å². The molecule has 4 atom stereocenters. The summed E-state index contributed by atoms with van der Waals surface area (Å²) in [7, 11) is 1.25. The maximum atomic E-state index is 13.7. The topological polar surface area (TPSA) is 152 Å². The Hall–Kier alpha value is -4.41. The summed E-state index contributed by atoms with van der Waals surface area (Å²) in [5.41, 5.74) is 0.843. The Morgan fingerprint density at radius 3 is 1.59 bits per heavy atom. The van der Waals surface area contributed by atoms with Gasteiger partial charge in [0.1, 0.15) is 29.8 Å². The number of rotatable bonds is 15. The van der Waals surface area contributed by atoms with Crippen LogP contribution in [-0.4, -0.2) is 66.7 Å². The number of hydrogen-bond donors (Lipinski definition) is 4. The van der Waals surface area contributed by atoms with Crippen LogP contribution in [0.15, 0.2) is 60.7 Å². The molecule has 2 aromatic carbocycles. The van der Waals surface area contributed by atoms with Crippen molar-refractivity contribution in [3.63, 3.8) is 0 Å². The molecule has 46 heavy (non-hydrogen) atoms. The Bertz CT molecular complexity index is 1290. The maximum Gasteiger partial charge on any atom is 0.408 e. The van der Waals surface area contributed by atoms with Gasteiger partial charge in [0.05, 0.1) is 7.11 Å². The zero-order valence-electron chi connectivity index (χ0n) is 28.2. The maximum absolute atomic E-state index is 13.7. The highest BCUT2D eigenvalue weighted by atomic mass is 16.6. The first-order chi connectivity index (χ1) is 21.6. The number of nitrogens with one attached hydrogen (secondary N) is 4. The van der Waals surface area contributed by atoms with Crippen LogP contribution in [0.3, 0.4) is 0 Å². The molecule has 0 spiro atoms. The van der Waals surface area contributed by atoms with E-state index >= 15 is 0 Å². The van der Waals surface area contributed by atoms with E-state index in [1.54, 1.807) is 34.6 Å². The van der Waals surface area contributed by atoms with Crippen molar-refractivity contribution in [1.82, 2.24) is 21.3 Å². The monoisotopic (exact) mass is 638 g/mol. The van der Waals surface area contributed by atoms with Crippen LogP contribution in [0.4, 0.5) is 4.79 Å². The molecular weight excluding hydrogens is 588 g/mol. The van der Waals surface area contributed by atoms with Gasteiger partial charge >= 0.3 is 12.1 Å². The molecule has 0 saturated carbocycles. The molecule has 0 bridgehead atoms. The molecule has 0 aliphatic rings. The quantitative estimate of drug-likeness (QED) is 0.217. The first kappa shape index (κ1) is 37.8. The number of ether oxygens (including phenoxy) is 2. The molecule has 2 aromatic rings. The highest BCUT2D eigenvalue weighted by Crippen LogP contribution is 2.13. The van der Waals surface area contributed by atoms with Gasteiger partial charge in [-0.25, -0.2) is 9.59 Å². The Balaban J connectivity index is 2.29. The van der Waals surface area contributed by atoms with E-state index in [-0.39, 0.29) is 24.7 Å². The second kappa shape index (κ2) is 17.9. The molecule has 252 valence electrons. The lowest BCUT2D eigenvalue weighted by atomic mass is 9.98. The van der Waals surface area contributed by atoms with E-state index in [2.05, 4.69) is 21.3 Å². The summed E-state index contributed by atoms with van der Waals surface area (Å²) >= 11 is 0. The molecular formula is C35H50N4O7. The van der Waals surface area contributed by atoms with Crippen molar-refractivity contribution in [2.24, 2.45) is 11.8 Å². The van der Waals surface area contributed by atoms with E-state index < -0.39 is 59.6 Å². The molecule has 0 aliphatic carbocycles. The van der Waals surface area contributed by atoms with E-state index in [1.807, 2.05) is 74.5 Å². The predicted molar refractivity (Wildman–Crippen MR) is 176 cm³/mol. The van der Waals surface area contributed by atoms with Crippen molar-refractivity contribution in [3.05, 3.63) is 71.8 Å². The van der Waals surface area contributed by atoms with E-state index in [4.69, 9.17) is 9.47 Å². The van der Waals surface area contributed by atoms with E-state index in [0.717, 1.165) is 11.1 Å². The van der Waals surface area contributed by atoms with Gasteiger partial charge in [-0.15, -0.1) is 0 Å². The molecule has 0 radical (unpaired) electrons. The van der Waals surface area contributed by atoms with E-state index in [1.165, 1.54) is 7.11 Å². The zero-order chi connectivity index (χ0) is 34.4. The predicted octanol–water partition coefficient (Wildman–Crippen LogP) is 3.69. The molecule has 4 N–H and O–H groups in total. The van der Waals surface area contributed by atoms with Gasteiger partial charge in [-0.3, -0.25) is 14.4 Å². The second-order valence-electron chi connectivity index (χ2n) is 13.1. The third-order valence-electron chi connectivity index (χ3n) is 6.96. The number of hydrogen-bond acceptors (Lipinski definition) is 7. The van der Waals surface area contributed by atoms with Crippen molar-refractivity contribution in [3.8, 4) is 0 Å². The molecule has 0 aromatic heterocycles. The van der Waals surface area contributed by atoms with Crippen molar-refractivity contribution in [2.45, 2.75) is 97.5 Å². The molecule has 0 fully saturated rings. The molecule has 0 unspecified atom stereocenters. The smallest absolute Gasteiger partial charge is 0.408 e. The molecule has 4 amide bonds. The average molecular weight is 639 g/mol. The third-order valence-corrected chi connectivity index (χ3v) is 6.96. The standard InChI is InChI=1S/C35H50N4O7/c1-22(2)19-26(38-34(44)46-35(5,6)7)31(41)39-29(23(3)4)32(42)36-27(20-24-15-11-9-12-16-24)30(40)37-28(33(43)45-8)21-25-17-13-10-14-18-25/h9-18,22-23,26-29H,19-21H2,1-8H3,(H,36,42)(H,37,40)(H,38,44)(H,39,41)/t26-,27-,28-,29-/m0/s1. The van der Waals surface area contributed by atoms with E-state index in [0.29, 0.717) is 6.42 Å². The minimum Gasteiger partial charge on any atom is -0.467 e. The highest BCUT2D eigenvalue weighted by molar-refractivity contribution is 5.95. The first-order valence-electron chi connectivity index (χ1n) is 15.7. The summed E-state index contributed by atoms with van der Waals surface area (Å²) in [6.45, 7) is 12.5. The van der Waals surface area contributed by atoms with E-state index in [9.17, 15) is 24.0 Å². The fraction of sp³-hybridized carbons (Fsp3) is 0.514. The Morgan fingerprint density at radius 2 is 1.13 bits per heavy atom. The summed E-state index contributed by atoms with van der Waals surface area (Å²) in [5.74, 6) is -2.66. The van der Waals surface area contributed by atoms with Gasteiger partial charge in [0, 0.05) is 12.8 Å². The SMILES string of the molecule is COC(=O)[C@H](Cc1ccccc1)NC(=O)[C@H](Cc1ccccc1)NC(=O)[C@@H](NC(=O)[C@H](CC(C)C)NC(=O)OC(C)(C)C)C(C)C. The van der Waals surface area contributed by atoms with Gasteiger partial charge in [0.15, 0.2) is 0 Å². The lowest BCUT2D eigenvalue weighted by Gasteiger charge is -2.29. The number of amides is 4. The normalized spacial score (nSPS) is 14.0. The fourth-order valence-electron chi connectivity index (χ4n) is 4.72. The number of benzene rings is 2. The van der Waals surface area contributed by atoms with Gasteiger partial charge in [-0.2, -0.15) is 0 Å². The van der Waals surface area contributed by atoms with Gasteiger partial charge in [0.2, 0.25) is 17.7 Å². The van der Waals surface area contributed by atoms with Crippen LogP contribution in [0, 0.1) is 11.8 Å². The largest absolute Gasteiger partial charge is 0.467 e. The molecule has 11 heteroatoms. The summed E-state index contributed by atoms with van der Waals surface area (Å²) in [4.78, 5) is 66.0. The number of esters is 1. The van der Waals surface area contributed by atoms with Crippen LogP contribution >= 0.6 is 0 Å². The minimum atomic E-state index is -1.08. The van der Waals surface area contributed by atoms with Gasteiger partial charge < -0.3 is 30.7 Å². The van der Waals surface area contributed by atoms with Crippen LogP contribution in [0.1, 0.15) is 66.0 Å². The Morgan fingerprint density at radius 1 is 0.652 bits per heavy atom. The second-order valence-corrected chi connectivity index (χ2v) is 13.1. The first-order valence-corrected chi connectivity index (χ1v) is 15.7. The van der Waals surface area contributed by atoms with Crippen molar-refractivity contribution < 1.29 is 33.4 Å². The van der Waals surface area contributed by atoms with Gasteiger partial charge in [-0.1, -0.05) is 88.4 Å². The number of carbonyl (C=O) groups is 5. The molecule has 11 nitrogen and oxygen atoms in total. The minimum absolute atomic E-state index is 0.0506. The van der Waals surface area contributed by atoms with Crippen LogP contribution in [0.25, 0.3) is 0 Å². The lowest BCUT2D eigenvalue weighted by Crippen LogP contribution is -2.59. The van der Waals surface area contributed by atoms with Crippen molar-refractivity contribution >= 4 is 29.8 Å². The Labute approximate surface area is 272 Å². The van der Waals surface area contributed by atoms with Crippen molar-refractivity contribution in [1.29, 1.82) is 0 Å². The van der Waals surface area contributed by atoms with Gasteiger partial charge in [0.25, 0.3) is 0 Å². The molecule has 0 saturated heterocycles. The summed E-state index contributed by atoms with van der Waals surface area (Å²) in [5, 5.41) is 10.9. The summed E-state index contributed by atoms with van der Waals surface area (Å²) in [6, 6.07) is 14.3. The highest BCUT2D eigenvalue weighted by Gasteiger charge is 2.33. The zero-order valence-corrected chi connectivity index (χ0v) is 28.2. The number of carbonyl (C=O) groups excluding carboxylic acids is 5. The fourth-order valence-corrected chi connectivity index (χ4v) is 4.72. The lowest BCUT2D eigenvalue weighted by molar-refractivity contribution is -0.145. The van der Waals surface area contributed by atoms with Gasteiger partial charge in [-0.05, 0) is 50.2 Å². The number of methoxy groups -OCH3 is 1. The van der Waals surface area contributed by atoms with Crippen LogP contribution in [0.5, 0.6) is 0 Å². The van der Waals surface area contributed by atoms with Crippen molar-refractivity contribution in [2.75, 3.05) is 7.11 Å². The molecule has 2 rings (SSSR count). The Kier molecular flexibility index (Phi) is 14.7. The summed E-state index contributed by atoms with van der Waals surface area (Å²) in [6.07, 6.45) is -0.105. The van der Waals surface area contributed by atoms with Crippen LogP contribution < -0.4 is 21.3 Å². The average Bonchev–Trinajstić information content (AvgIpc) is 2.97.